The molecule has 0 aliphatic heterocycles. The minimum Gasteiger partial charge on any atom is -0.419 e. The fourth-order valence-electron chi connectivity index (χ4n) is 2.93. The van der Waals surface area contributed by atoms with Crippen molar-refractivity contribution < 1.29 is 13.6 Å². The van der Waals surface area contributed by atoms with E-state index in [1.807, 2.05) is 0 Å². The third-order valence-electron chi connectivity index (χ3n) is 4.56. The summed E-state index contributed by atoms with van der Waals surface area (Å²) in [5.41, 5.74) is 0.942. The summed E-state index contributed by atoms with van der Waals surface area (Å²) < 4.78 is 19.7. The van der Waals surface area contributed by atoms with E-state index in [2.05, 4.69) is 10.2 Å². The molecule has 2 aromatic carbocycles. The molecule has 1 aliphatic rings. The quantitative estimate of drug-likeness (QED) is 0.568. The Morgan fingerprint density at radius 3 is 2.57 bits per heavy atom. The van der Waals surface area contributed by atoms with Gasteiger partial charge in [0, 0.05) is 27.2 Å². The molecule has 1 amide bonds. The standard InChI is InChI=1S/C20H16Cl2FN3O2/c21-13-6-4-12(5-7-13)20-25-24-18(28-20)11-26(14-8-9-14)19(27)10-15-16(22)2-1-3-17(15)23/h1-7,14H,8-11H2. The fraction of sp³-hybridized carbons (Fsp3) is 0.250. The van der Waals surface area contributed by atoms with Crippen molar-refractivity contribution in [1.29, 1.82) is 0 Å². The van der Waals surface area contributed by atoms with Crippen LogP contribution in [0.5, 0.6) is 0 Å². The number of benzene rings is 2. The summed E-state index contributed by atoms with van der Waals surface area (Å²) in [6, 6.07) is 11.5. The van der Waals surface area contributed by atoms with Crippen LogP contribution in [-0.2, 0) is 17.8 Å². The SMILES string of the molecule is O=C(Cc1c(F)cccc1Cl)N(Cc1nnc(-c2ccc(Cl)cc2)o1)C1CC1. The third kappa shape index (κ3) is 4.18. The van der Waals surface area contributed by atoms with Gasteiger partial charge in [-0.3, -0.25) is 4.79 Å². The molecule has 0 saturated heterocycles. The van der Waals surface area contributed by atoms with Crippen molar-refractivity contribution in [3.05, 3.63) is 69.8 Å². The Kier molecular flexibility index (Phi) is 5.33. The Morgan fingerprint density at radius 1 is 1.14 bits per heavy atom. The summed E-state index contributed by atoms with van der Waals surface area (Å²) >= 11 is 11.9. The van der Waals surface area contributed by atoms with Crippen LogP contribution in [0.3, 0.4) is 0 Å². The predicted molar refractivity (Wildman–Crippen MR) is 103 cm³/mol. The molecule has 144 valence electrons. The number of halogens is 3. The highest BCUT2D eigenvalue weighted by Crippen LogP contribution is 2.30. The first-order valence-electron chi connectivity index (χ1n) is 8.82. The molecular weight excluding hydrogens is 404 g/mol. The number of amides is 1. The molecular formula is C20H16Cl2FN3O2. The maximum absolute atomic E-state index is 14.0. The minimum atomic E-state index is -0.487. The predicted octanol–water partition coefficient (Wildman–Crippen LogP) is 4.92. The first-order valence-corrected chi connectivity index (χ1v) is 9.57. The van der Waals surface area contributed by atoms with E-state index in [1.54, 1.807) is 35.2 Å². The van der Waals surface area contributed by atoms with Crippen molar-refractivity contribution in [2.45, 2.75) is 31.8 Å². The third-order valence-corrected chi connectivity index (χ3v) is 5.17. The van der Waals surface area contributed by atoms with Gasteiger partial charge in [0.05, 0.1) is 13.0 Å². The summed E-state index contributed by atoms with van der Waals surface area (Å²) in [7, 11) is 0. The summed E-state index contributed by atoms with van der Waals surface area (Å²) in [4.78, 5) is 14.5. The second-order valence-electron chi connectivity index (χ2n) is 6.64. The normalized spacial score (nSPS) is 13.5. The van der Waals surface area contributed by atoms with Gasteiger partial charge in [0.15, 0.2) is 0 Å². The molecule has 1 aliphatic carbocycles. The molecule has 0 unspecified atom stereocenters. The lowest BCUT2D eigenvalue weighted by atomic mass is 10.1. The molecule has 0 bridgehead atoms. The van der Waals surface area contributed by atoms with E-state index in [4.69, 9.17) is 27.6 Å². The zero-order valence-electron chi connectivity index (χ0n) is 14.7. The Labute approximate surface area is 171 Å². The van der Waals surface area contributed by atoms with E-state index in [0.717, 1.165) is 18.4 Å². The average Bonchev–Trinajstić information content (AvgIpc) is 3.41. The van der Waals surface area contributed by atoms with Gasteiger partial charge in [0.25, 0.3) is 0 Å². The van der Waals surface area contributed by atoms with Crippen LogP contribution in [-0.4, -0.2) is 27.0 Å². The molecule has 8 heteroatoms. The summed E-state index contributed by atoms with van der Waals surface area (Å²) in [6.45, 7) is 0.177. The first kappa shape index (κ1) is 18.9. The zero-order chi connectivity index (χ0) is 19.7. The maximum atomic E-state index is 14.0. The van der Waals surface area contributed by atoms with E-state index in [0.29, 0.717) is 16.8 Å². The Balaban J connectivity index is 1.50. The lowest BCUT2D eigenvalue weighted by molar-refractivity contribution is -0.132. The van der Waals surface area contributed by atoms with Gasteiger partial charge < -0.3 is 9.32 Å². The molecule has 1 aromatic heterocycles. The van der Waals surface area contributed by atoms with Gasteiger partial charge in [-0.05, 0) is 49.2 Å². The van der Waals surface area contributed by atoms with Crippen molar-refractivity contribution in [3.8, 4) is 11.5 Å². The van der Waals surface area contributed by atoms with Gasteiger partial charge >= 0.3 is 0 Å². The Hall–Kier alpha value is -2.44. The number of hydrogen-bond acceptors (Lipinski definition) is 4. The fourth-order valence-corrected chi connectivity index (χ4v) is 3.29. The van der Waals surface area contributed by atoms with Crippen molar-refractivity contribution >= 4 is 29.1 Å². The maximum Gasteiger partial charge on any atom is 0.247 e. The van der Waals surface area contributed by atoms with E-state index >= 15 is 0 Å². The highest BCUT2D eigenvalue weighted by atomic mass is 35.5. The van der Waals surface area contributed by atoms with Gasteiger partial charge in [-0.2, -0.15) is 0 Å². The number of hydrogen-bond donors (Lipinski definition) is 0. The van der Waals surface area contributed by atoms with Crippen LogP contribution in [0.4, 0.5) is 4.39 Å². The molecule has 5 nitrogen and oxygen atoms in total. The van der Waals surface area contributed by atoms with Crippen LogP contribution >= 0.6 is 23.2 Å². The molecule has 1 saturated carbocycles. The molecule has 4 rings (SSSR count). The number of carbonyl (C=O) groups is 1. The van der Waals surface area contributed by atoms with Crippen LogP contribution in [0.2, 0.25) is 10.0 Å². The summed E-state index contributed by atoms with van der Waals surface area (Å²) in [6.07, 6.45) is 1.68. The highest BCUT2D eigenvalue weighted by Gasteiger charge is 2.34. The number of carbonyl (C=O) groups excluding carboxylic acids is 1. The van der Waals surface area contributed by atoms with E-state index < -0.39 is 5.82 Å². The van der Waals surface area contributed by atoms with Crippen molar-refractivity contribution in [2.24, 2.45) is 0 Å². The van der Waals surface area contributed by atoms with Crippen molar-refractivity contribution in [2.75, 3.05) is 0 Å². The lowest BCUT2D eigenvalue weighted by Crippen LogP contribution is -2.34. The van der Waals surface area contributed by atoms with Crippen LogP contribution in [0.25, 0.3) is 11.5 Å². The van der Waals surface area contributed by atoms with Crippen LogP contribution in [0.15, 0.2) is 46.9 Å². The molecule has 1 fully saturated rings. The second kappa shape index (κ2) is 7.89. The van der Waals surface area contributed by atoms with Crippen LogP contribution in [0.1, 0.15) is 24.3 Å². The second-order valence-corrected chi connectivity index (χ2v) is 7.48. The Morgan fingerprint density at radius 2 is 1.89 bits per heavy atom. The number of nitrogens with zero attached hydrogens (tertiary/aromatic N) is 3. The summed E-state index contributed by atoms with van der Waals surface area (Å²) in [5, 5.41) is 8.94. The summed E-state index contributed by atoms with van der Waals surface area (Å²) in [5.74, 6) is -0.0306. The van der Waals surface area contributed by atoms with E-state index in [-0.39, 0.29) is 35.5 Å². The zero-order valence-corrected chi connectivity index (χ0v) is 16.3. The van der Waals surface area contributed by atoms with Gasteiger partial charge in [-0.15, -0.1) is 10.2 Å². The van der Waals surface area contributed by atoms with E-state index in [9.17, 15) is 9.18 Å². The molecule has 0 N–H and O–H groups in total. The average molecular weight is 420 g/mol. The highest BCUT2D eigenvalue weighted by molar-refractivity contribution is 6.31. The monoisotopic (exact) mass is 419 g/mol. The molecule has 0 spiro atoms. The van der Waals surface area contributed by atoms with E-state index in [1.165, 1.54) is 12.1 Å². The van der Waals surface area contributed by atoms with Gasteiger partial charge in [0.2, 0.25) is 17.7 Å². The molecule has 0 atom stereocenters. The van der Waals surface area contributed by atoms with Gasteiger partial charge in [0.1, 0.15) is 5.82 Å². The molecule has 3 aromatic rings. The first-order chi connectivity index (χ1) is 13.5. The molecule has 0 radical (unpaired) electrons. The topological polar surface area (TPSA) is 59.2 Å². The number of rotatable bonds is 6. The van der Waals surface area contributed by atoms with Gasteiger partial charge in [-0.1, -0.05) is 29.3 Å². The number of aromatic nitrogens is 2. The molecule has 1 heterocycles. The smallest absolute Gasteiger partial charge is 0.247 e. The van der Waals surface area contributed by atoms with Crippen molar-refractivity contribution in [3.63, 3.8) is 0 Å². The van der Waals surface area contributed by atoms with Crippen LogP contribution < -0.4 is 0 Å². The largest absolute Gasteiger partial charge is 0.419 e. The molecule has 28 heavy (non-hydrogen) atoms. The van der Waals surface area contributed by atoms with Crippen molar-refractivity contribution in [1.82, 2.24) is 15.1 Å². The Bertz CT molecular complexity index is 983. The van der Waals surface area contributed by atoms with Gasteiger partial charge in [-0.25, -0.2) is 4.39 Å². The lowest BCUT2D eigenvalue weighted by Gasteiger charge is -2.21. The minimum absolute atomic E-state index is 0.101. The van der Waals surface area contributed by atoms with Crippen LogP contribution in [0, 0.1) is 5.82 Å².